The van der Waals surface area contributed by atoms with Crippen LogP contribution in [0.3, 0.4) is 0 Å². The van der Waals surface area contributed by atoms with Crippen LogP contribution in [0.15, 0.2) is 24.3 Å². The Labute approximate surface area is 109 Å². The van der Waals surface area contributed by atoms with Crippen LogP contribution in [-0.4, -0.2) is 17.6 Å². The van der Waals surface area contributed by atoms with E-state index in [0.717, 1.165) is 30.6 Å². The number of rotatable bonds is 7. The molecule has 0 unspecified atom stereocenters. The van der Waals surface area contributed by atoms with Gasteiger partial charge in [0.15, 0.2) is 0 Å². The fraction of sp³-hybridized carbons (Fsp3) is 0.533. The van der Waals surface area contributed by atoms with Gasteiger partial charge in [-0.15, -0.1) is 0 Å². The topological polar surface area (TPSA) is 34.1 Å². The molecule has 0 bridgehead atoms. The van der Waals surface area contributed by atoms with Gasteiger partial charge in [-0.1, -0.05) is 19.1 Å². The third kappa shape index (κ3) is 4.15. The SMILES string of the molecule is C/C=C/COc1cc(CNC2CC2)cc(CC)n1. The average Bonchev–Trinajstić information content (AvgIpc) is 3.20. The molecular formula is C15H22N2O. The Morgan fingerprint density at radius 1 is 1.44 bits per heavy atom. The fourth-order valence-corrected chi connectivity index (χ4v) is 1.76. The molecule has 0 aromatic carbocycles. The monoisotopic (exact) mass is 246 g/mol. The van der Waals surface area contributed by atoms with Crippen molar-refractivity contribution in [2.24, 2.45) is 0 Å². The molecule has 1 fully saturated rings. The van der Waals surface area contributed by atoms with Gasteiger partial charge < -0.3 is 10.1 Å². The number of nitrogens with zero attached hydrogens (tertiary/aromatic N) is 1. The van der Waals surface area contributed by atoms with E-state index in [1.165, 1.54) is 18.4 Å². The molecule has 0 amide bonds. The van der Waals surface area contributed by atoms with Gasteiger partial charge in [0, 0.05) is 24.3 Å². The van der Waals surface area contributed by atoms with E-state index in [4.69, 9.17) is 4.74 Å². The number of pyridine rings is 1. The Kier molecular flexibility index (Phi) is 4.76. The molecule has 0 radical (unpaired) electrons. The van der Waals surface area contributed by atoms with Crippen molar-refractivity contribution in [2.45, 2.75) is 45.7 Å². The van der Waals surface area contributed by atoms with E-state index < -0.39 is 0 Å². The van der Waals surface area contributed by atoms with Gasteiger partial charge in [-0.3, -0.25) is 0 Å². The molecule has 0 aliphatic heterocycles. The number of allylic oxidation sites excluding steroid dienone is 1. The Hall–Kier alpha value is -1.35. The second kappa shape index (κ2) is 6.55. The first kappa shape index (κ1) is 13.1. The third-order valence-electron chi connectivity index (χ3n) is 3.01. The highest BCUT2D eigenvalue weighted by atomic mass is 16.5. The summed E-state index contributed by atoms with van der Waals surface area (Å²) in [6.07, 6.45) is 7.55. The predicted octanol–water partition coefficient (Wildman–Crippen LogP) is 2.85. The zero-order valence-corrected chi connectivity index (χ0v) is 11.3. The first-order chi connectivity index (χ1) is 8.81. The van der Waals surface area contributed by atoms with E-state index in [1.807, 2.05) is 25.1 Å². The zero-order valence-electron chi connectivity index (χ0n) is 11.3. The van der Waals surface area contributed by atoms with E-state index in [2.05, 4.69) is 23.3 Å². The van der Waals surface area contributed by atoms with Crippen LogP contribution in [0.1, 0.15) is 37.9 Å². The molecule has 1 aromatic heterocycles. The Morgan fingerprint density at radius 2 is 2.28 bits per heavy atom. The van der Waals surface area contributed by atoms with Gasteiger partial charge in [0.1, 0.15) is 6.61 Å². The number of ether oxygens (including phenoxy) is 1. The summed E-state index contributed by atoms with van der Waals surface area (Å²) < 4.78 is 5.63. The smallest absolute Gasteiger partial charge is 0.214 e. The highest BCUT2D eigenvalue weighted by molar-refractivity contribution is 5.25. The van der Waals surface area contributed by atoms with Crippen LogP contribution in [0, 0.1) is 0 Å². The molecular weight excluding hydrogens is 224 g/mol. The van der Waals surface area contributed by atoms with E-state index in [9.17, 15) is 0 Å². The predicted molar refractivity (Wildman–Crippen MR) is 73.8 cm³/mol. The molecule has 1 N–H and O–H groups in total. The van der Waals surface area contributed by atoms with Gasteiger partial charge in [0.25, 0.3) is 0 Å². The molecule has 1 aliphatic carbocycles. The first-order valence-electron chi connectivity index (χ1n) is 6.79. The van der Waals surface area contributed by atoms with Crippen LogP contribution < -0.4 is 10.1 Å². The lowest BCUT2D eigenvalue weighted by atomic mass is 10.2. The number of aromatic nitrogens is 1. The summed E-state index contributed by atoms with van der Waals surface area (Å²) >= 11 is 0. The summed E-state index contributed by atoms with van der Waals surface area (Å²) in [5, 5.41) is 3.52. The zero-order chi connectivity index (χ0) is 12.8. The second-order valence-corrected chi connectivity index (χ2v) is 4.69. The van der Waals surface area contributed by atoms with Gasteiger partial charge in [-0.25, -0.2) is 4.98 Å². The quantitative estimate of drug-likeness (QED) is 0.751. The fourth-order valence-electron chi connectivity index (χ4n) is 1.76. The van der Waals surface area contributed by atoms with Crippen molar-refractivity contribution in [1.82, 2.24) is 10.3 Å². The maximum Gasteiger partial charge on any atom is 0.214 e. The minimum absolute atomic E-state index is 0.589. The maximum absolute atomic E-state index is 5.63. The minimum atomic E-state index is 0.589. The number of hydrogen-bond acceptors (Lipinski definition) is 3. The molecule has 1 aliphatic rings. The summed E-state index contributed by atoms with van der Waals surface area (Å²) in [4.78, 5) is 4.48. The average molecular weight is 246 g/mol. The standard InChI is InChI=1S/C15H22N2O/c1-3-5-8-18-15-10-12(9-13(4-2)17-15)11-16-14-6-7-14/h3,5,9-10,14,16H,4,6-8,11H2,1-2H3/b5-3+. The van der Waals surface area contributed by atoms with Crippen molar-refractivity contribution >= 4 is 0 Å². The van der Waals surface area contributed by atoms with Crippen molar-refractivity contribution < 1.29 is 4.74 Å². The van der Waals surface area contributed by atoms with Crippen LogP contribution in [0.5, 0.6) is 5.88 Å². The summed E-state index contributed by atoms with van der Waals surface area (Å²) in [5.41, 5.74) is 2.37. The number of aryl methyl sites for hydroxylation is 1. The van der Waals surface area contributed by atoms with E-state index in [1.54, 1.807) is 0 Å². The molecule has 1 heterocycles. The Bertz CT molecular complexity index is 411. The second-order valence-electron chi connectivity index (χ2n) is 4.69. The summed E-state index contributed by atoms with van der Waals surface area (Å²) in [7, 11) is 0. The summed E-state index contributed by atoms with van der Waals surface area (Å²) in [5.74, 6) is 0.736. The normalized spacial score (nSPS) is 15.2. The van der Waals surface area contributed by atoms with Gasteiger partial charge in [-0.2, -0.15) is 0 Å². The molecule has 0 spiro atoms. The molecule has 98 valence electrons. The first-order valence-corrected chi connectivity index (χ1v) is 6.79. The lowest BCUT2D eigenvalue weighted by Gasteiger charge is -2.09. The largest absolute Gasteiger partial charge is 0.473 e. The molecule has 18 heavy (non-hydrogen) atoms. The molecule has 3 nitrogen and oxygen atoms in total. The molecule has 3 heteroatoms. The maximum atomic E-state index is 5.63. The number of nitrogens with one attached hydrogen (secondary N) is 1. The van der Waals surface area contributed by atoms with Crippen molar-refractivity contribution in [3.05, 3.63) is 35.5 Å². The van der Waals surface area contributed by atoms with Gasteiger partial charge >= 0.3 is 0 Å². The number of hydrogen-bond donors (Lipinski definition) is 1. The van der Waals surface area contributed by atoms with Crippen LogP contribution >= 0.6 is 0 Å². The highest BCUT2D eigenvalue weighted by Crippen LogP contribution is 2.20. The molecule has 1 aromatic rings. The van der Waals surface area contributed by atoms with Gasteiger partial charge in [-0.05, 0) is 37.8 Å². The van der Waals surface area contributed by atoms with Gasteiger partial charge in [0.2, 0.25) is 5.88 Å². The van der Waals surface area contributed by atoms with Crippen LogP contribution in [0.25, 0.3) is 0 Å². The van der Waals surface area contributed by atoms with Crippen molar-refractivity contribution in [1.29, 1.82) is 0 Å². The molecule has 2 rings (SSSR count). The molecule has 1 saturated carbocycles. The molecule has 0 atom stereocenters. The minimum Gasteiger partial charge on any atom is -0.473 e. The van der Waals surface area contributed by atoms with Crippen molar-refractivity contribution in [2.75, 3.05) is 6.61 Å². The lowest BCUT2D eigenvalue weighted by Crippen LogP contribution is -2.15. The summed E-state index contributed by atoms with van der Waals surface area (Å²) in [6.45, 7) is 5.62. The van der Waals surface area contributed by atoms with Gasteiger partial charge in [0.05, 0.1) is 0 Å². The Morgan fingerprint density at radius 3 is 2.94 bits per heavy atom. The summed E-state index contributed by atoms with van der Waals surface area (Å²) in [6, 6.07) is 4.94. The van der Waals surface area contributed by atoms with Crippen molar-refractivity contribution in [3.63, 3.8) is 0 Å². The van der Waals surface area contributed by atoms with E-state index >= 15 is 0 Å². The third-order valence-corrected chi connectivity index (χ3v) is 3.01. The van der Waals surface area contributed by atoms with Crippen LogP contribution in [-0.2, 0) is 13.0 Å². The van der Waals surface area contributed by atoms with Crippen molar-refractivity contribution in [3.8, 4) is 5.88 Å². The van der Waals surface area contributed by atoms with Crippen LogP contribution in [0.2, 0.25) is 0 Å². The Balaban J connectivity index is 1.99. The van der Waals surface area contributed by atoms with E-state index in [-0.39, 0.29) is 0 Å². The lowest BCUT2D eigenvalue weighted by molar-refractivity contribution is 0.346. The highest BCUT2D eigenvalue weighted by Gasteiger charge is 2.20. The van der Waals surface area contributed by atoms with Crippen LogP contribution in [0.4, 0.5) is 0 Å². The van der Waals surface area contributed by atoms with E-state index in [0.29, 0.717) is 6.61 Å². The molecule has 0 saturated heterocycles.